The Labute approximate surface area is 163 Å². The predicted molar refractivity (Wildman–Crippen MR) is 106 cm³/mol. The number of carbonyl (C=O) groups is 1. The zero-order valence-corrected chi connectivity index (χ0v) is 17.3. The summed E-state index contributed by atoms with van der Waals surface area (Å²) in [7, 11) is -3.02. The minimum absolute atomic E-state index is 0.0265. The molecule has 146 valence electrons. The van der Waals surface area contributed by atoms with Gasteiger partial charge in [-0.1, -0.05) is 36.0 Å². The summed E-state index contributed by atoms with van der Waals surface area (Å²) in [5, 5.41) is 11.7. The number of sulfone groups is 1. The van der Waals surface area contributed by atoms with Gasteiger partial charge in [-0.25, -0.2) is 8.42 Å². The number of thioether (sulfide) groups is 1. The molecule has 3 rings (SSSR count). The normalized spacial score (nSPS) is 19.7. The molecule has 0 bridgehead atoms. The lowest BCUT2D eigenvalue weighted by Gasteiger charge is -2.16. The predicted octanol–water partition coefficient (Wildman–Crippen LogP) is 2.06. The molecule has 2 aromatic rings. The maximum absolute atomic E-state index is 12.5. The van der Waals surface area contributed by atoms with Crippen LogP contribution in [0.5, 0.6) is 0 Å². The fraction of sp³-hybridized carbons (Fsp3) is 0.500. The summed E-state index contributed by atoms with van der Waals surface area (Å²) in [6.07, 6.45) is 0.480. The third kappa shape index (κ3) is 4.52. The van der Waals surface area contributed by atoms with E-state index in [4.69, 9.17) is 0 Å². The number of nitrogens with zero attached hydrogens (tertiary/aromatic N) is 3. The monoisotopic (exact) mass is 408 g/mol. The number of carbonyl (C=O) groups excluding carboxylic acids is 1. The largest absolute Gasteiger partial charge is 0.351 e. The van der Waals surface area contributed by atoms with Crippen molar-refractivity contribution >= 4 is 27.5 Å². The summed E-state index contributed by atoms with van der Waals surface area (Å²) in [6.45, 7) is 6.53. The van der Waals surface area contributed by atoms with E-state index in [1.165, 1.54) is 11.8 Å². The van der Waals surface area contributed by atoms with Crippen molar-refractivity contribution in [3.05, 3.63) is 29.8 Å². The number of hydrogen-bond acceptors (Lipinski definition) is 6. The van der Waals surface area contributed by atoms with Crippen molar-refractivity contribution in [1.29, 1.82) is 0 Å². The van der Waals surface area contributed by atoms with Gasteiger partial charge < -0.3 is 9.88 Å². The third-order valence-electron chi connectivity index (χ3n) is 4.65. The Morgan fingerprint density at radius 3 is 2.74 bits per heavy atom. The molecule has 1 aliphatic rings. The number of rotatable bonds is 6. The van der Waals surface area contributed by atoms with E-state index in [1.807, 2.05) is 42.7 Å². The topological polar surface area (TPSA) is 94.0 Å². The van der Waals surface area contributed by atoms with Crippen LogP contribution in [0.1, 0.15) is 25.8 Å². The lowest BCUT2D eigenvalue weighted by molar-refractivity contribution is -0.120. The van der Waals surface area contributed by atoms with Crippen LogP contribution >= 0.6 is 11.8 Å². The van der Waals surface area contributed by atoms with Gasteiger partial charge in [0.1, 0.15) is 0 Å². The Balaban J connectivity index is 1.72. The molecule has 9 heteroatoms. The van der Waals surface area contributed by atoms with Gasteiger partial charge in [0.2, 0.25) is 5.91 Å². The maximum atomic E-state index is 12.5. The van der Waals surface area contributed by atoms with Crippen LogP contribution in [0.25, 0.3) is 11.4 Å². The number of benzene rings is 1. The highest BCUT2D eigenvalue weighted by Crippen LogP contribution is 2.28. The van der Waals surface area contributed by atoms with Gasteiger partial charge in [-0.15, -0.1) is 10.2 Å². The van der Waals surface area contributed by atoms with Crippen molar-refractivity contribution in [1.82, 2.24) is 20.1 Å². The average Bonchev–Trinajstić information content (AvgIpc) is 3.17. The lowest BCUT2D eigenvalue weighted by atomic mass is 10.1. The molecule has 1 N–H and O–H groups in total. The van der Waals surface area contributed by atoms with Crippen LogP contribution in [0, 0.1) is 6.92 Å². The number of aromatic nitrogens is 3. The van der Waals surface area contributed by atoms with E-state index in [2.05, 4.69) is 15.5 Å². The van der Waals surface area contributed by atoms with E-state index in [1.54, 1.807) is 6.92 Å². The highest BCUT2D eigenvalue weighted by atomic mass is 32.2. The first-order valence-corrected chi connectivity index (χ1v) is 11.7. The number of hydrogen-bond donors (Lipinski definition) is 1. The molecule has 2 atom stereocenters. The van der Waals surface area contributed by atoms with Crippen LogP contribution in [-0.4, -0.2) is 51.9 Å². The Morgan fingerprint density at radius 2 is 2.11 bits per heavy atom. The highest BCUT2D eigenvalue weighted by molar-refractivity contribution is 8.00. The first-order valence-electron chi connectivity index (χ1n) is 8.97. The minimum atomic E-state index is -3.02. The number of aryl methyl sites for hydroxylation is 1. The second kappa shape index (κ2) is 8.02. The van der Waals surface area contributed by atoms with E-state index in [0.29, 0.717) is 18.1 Å². The minimum Gasteiger partial charge on any atom is -0.351 e. The summed E-state index contributed by atoms with van der Waals surface area (Å²) in [5.74, 6) is 0.778. The molecule has 1 aromatic heterocycles. The molecular formula is C18H24N4O3S2. The third-order valence-corrected chi connectivity index (χ3v) is 7.50. The fourth-order valence-electron chi connectivity index (χ4n) is 3.12. The summed E-state index contributed by atoms with van der Waals surface area (Å²) in [5.41, 5.74) is 2.14. The quantitative estimate of drug-likeness (QED) is 0.736. The second-order valence-electron chi connectivity index (χ2n) is 6.73. The van der Waals surface area contributed by atoms with E-state index in [-0.39, 0.29) is 23.5 Å². The van der Waals surface area contributed by atoms with Gasteiger partial charge in [0.25, 0.3) is 0 Å². The van der Waals surface area contributed by atoms with Crippen LogP contribution in [0.3, 0.4) is 0 Å². The molecular weight excluding hydrogens is 384 g/mol. The van der Waals surface area contributed by atoms with Crippen molar-refractivity contribution in [2.24, 2.45) is 0 Å². The SMILES string of the molecule is CCn1c(S[C@@H](C)C(=O)N[C@H]2CCS(=O)(=O)C2)nnc1-c1ccccc1C. The maximum Gasteiger partial charge on any atom is 0.233 e. The Kier molecular flexibility index (Phi) is 5.90. The van der Waals surface area contributed by atoms with Crippen molar-refractivity contribution in [2.75, 3.05) is 11.5 Å². The van der Waals surface area contributed by atoms with Gasteiger partial charge in [-0.2, -0.15) is 0 Å². The average molecular weight is 409 g/mol. The van der Waals surface area contributed by atoms with Crippen molar-refractivity contribution < 1.29 is 13.2 Å². The van der Waals surface area contributed by atoms with Crippen LogP contribution in [0.4, 0.5) is 0 Å². The summed E-state index contributed by atoms with van der Waals surface area (Å²) >= 11 is 1.34. The van der Waals surface area contributed by atoms with Gasteiger partial charge in [0.15, 0.2) is 20.8 Å². The Bertz CT molecular complexity index is 940. The van der Waals surface area contributed by atoms with Crippen LogP contribution in [0.15, 0.2) is 29.4 Å². The van der Waals surface area contributed by atoms with Gasteiger partial charge in [-0.05, 0) is 32.8 Å². The first-order chi connectivity index (χ1) is 12.8. The second-order valence-corrected chi connectivity index (χ2v) is 10.3. The molecule has 7 nitrogen and oxygen atoms in total. The molecule has 2 heterocycles. The molecule has 1 amide bonds. The molecule has 0 aliphatic carbocycles. The van der Waals surface area contributed by atoms with E-state index < -0.39 is 15.1 Å². The first kappa shape index (κ1) is 19.9. The molecule has 1 saturated heterocycles. The fourth-order valence-corrected chi connectivity index (χ4v) is 5.72. The van der Waals surface area contributed by atoms with Gasteiger partial charge in [0.05, 0.1) is 16.8 Å². The van der Waals surface area contributed by atoms with E-state index >= 15 is 0 Å². The zero-order valence-electron chi connectivity index (χ0n) is 15.7. The van der Waals surface area contributed by atoms with Crippen LogP contribution < -0.4 is 5.32 Å². The highest BCUT2D eigenvalue weighted by Gasteiger charge is 2.30. The van der Waals surface area contributed by atoms with Crippen LogP contribution in [0.2, 0.25) is 0 Å². The molecule has 0 unspecified atom stereocenters. The number of nitrogens with one attached hydrogen (secondary N) is 1. The van der Waals surface area contributed by atoms with Crippen molar-refractivity contribution in [3.63, 3.8) is 0 Å². The Morgan fingerprint density at radius 1 is 1.37 bits per heavy atom. The molecule has 1 aromatic carbocycles. The molecule has 27 heavy (non-hydrogen) atoms. The van der Waals surface area contributed by atoms with E-state index in [9.17, 15) is 13.2 Å². The summed E-state index contributed by atoms with van der Waals surface area (Å²) in [4.78, 5) is 12.5. The Hall–Kier alpha value is -1.87. The summed E-state index contributed by atoms with van der Waals surface area (Å²) in [6, 6.07) is 7.70. The lowest BCUT2D eigenvalue weighted by Crippen LogP contribution is -2.40. The molecule has 0 spiro atoms. The van der Waals surface area contributed by atoms with Crippen molar-refractivity contribution in [3.8, 4) is 11.4 Å². The zero-order chi connectivity index (χ0) is 19.6. The summed E-state index contributed by atoms with van der Waals surface area (Å²) < 4.78 is 25.1. The molecule has 1 aliphatic heterocycles. The van der Waals surface area contributed by atoms with E-state index in [0.717, 1.165) is 17.0 Å². The number of amides is 1. The van der Waals surface area contributed by atoms with Gasteiger partial charge in [-0.3, -0.25) is 4.79 Å². The molecule has 1 fully saturated rings. The molecule has 0 saturated carbocycles. The van der Waals surface area contributed by atoms with Crippen LogP contribution in [-0.2, 0) is 21.2 Å². The molecule has 0 radical (unpaired) electrons. The van der Waals surface area contributed by atoms with Gasteiger partial charge in [0, 0.05) is 18.2 Å². The standard InChI is InChI=1S/C18H24N4O3S2/c1-4-22-16(15-8-6-5-7-12(15)2)20-21-18(22)26-13(3)17(23)19-14-9-10-27(24,25)11-14/h5-8,13-14H,4,9-11H2,1-3H3,(H,19,23)/t13-,14-/m0/s1. The van der Waals surface area contributed by atoms with Gasteiger partial charge >= 0.3 is 0 Å². The smallest absolute Gasteiger partial charge is 0.233 e. The van der Waals surface area contributed by atoms with Crippen molar-refractivity contribution in [2.45, 2.75) is 50.2 Å².